The molecule has 1 unspecified atom stereocenters. The number of esters is 1. The molecule has 0 spiro atoms. The molecule has 12 nitrogen and oxygen atoms in total. The van der Waals surface area contributed by atoms with Crippen molar-refractivity contribution in [2.45, 2.75) is 63.7 Å². The quantitative estimate of drug-likeness (QED) is 0.0197. The molecule has 2 amide bonds. The minimum atomic E-state index is -2.60. The summed E-state index contributed by atoms with van der Waals surface area (Å²) in [6, 6.07) is 30.1. The molecule has 0 aromatic heterocycles. The fraction of sp³-hybridized carbons (Fsp3) is 0.341. The van der Waals surface area contributed by atoms with Crippen molar-refractivity contribution in [2.24, 2.45) is 0 Å². The Morgan fingerprint density at radius 1 is 0.831 bits per heavy atom. The topological polar surface area (TPSA) is 142 Å². The fourth-order valence-corrected chi connectivity index (χ4v) is 7.81. The van der Waals surface area contributed by atoms with Crippen molar-refractivity contribution in [3.63, 3.8) is 0 Å². The Kier molecular flexibility index (Phi) is 16.0. The molecule has 0 saturated heterocycles. The lowest BCUT2D eigenvalue weighted by Gasteiger charge is -2.31. The largest absolute Gasteiger partial charge is 0.492 e. The summed E-state index contributed by atoms with van der Waals surface area (Å²) in [5.74, 6) is 1.22. The number of carbonyl (C=O) groups is 3. The summed E-state index contributed by atoms with van der Waals surface area (Å²) in [4.78, 5) is 50.7. The molecule has 15 heteroatoms. The van der Waals surface area contributed by atoms with Crippen LogP contribution in [-0.2, 0) is 38.2 Å². The van der Waals surface area contributed by atoms with E-state index in [9.17, 15) is 19.3 Å². The Hall–Kier alpha value is -4.69. The monoisotopic (exact) mass is 857 g/mol. The zero-order valence-corrected chi connectivity index (χ0v) is 35.8. The molecule has 0 radical (unpaired) electrons. The number of hydrogen-bond acceptors (Lipinski definition) is 11. The second-order valence-corrected chi connectivity index (χ2v) is 18.7. The molecule has 59 heavy (non-hydrogen) atoms. The minimum absolute atomic E-state index is 0.00656. The maximum absolute atomic E-state index is 14.0. The highest BCUT2D eigenvalue weighted by atomic mass is 32.5. The SMILES string of the molecule is CP(O)(=S)OCCCCCCNC(=O)CCCCC(=O)N1Cc2ccccc2C2=C(c3ccccc31)N(CCOc1ccc(C(=O)Oc3ccc(CS)cc3)cc1)NN2. The average Bonchev–Trinajstić information content (AvgIpc) is 3.65. The fourth-order valence-electron chi connectivity index (χ4n) is 6.90. The number of anilines is 1. The summed E-state index contributed by atoms with van der Waals surface area (Å²) >= 11 is 9.15. The van der Waals surface area contributed by atoms with Gasteiger partial charge in [-0.2, -0.15) is 12.6 Å². The van der Waals surface area contributed by atoms with E-state index in [1.807, 2.05) is 64.5 Å². The first-order valence-corrected chi connectivity index (χ1v) is 23.7. The first-order valence-electron chi connectivity index (χ1n) is 20.0. The van der Waals surface area contributed by atoms with Gasteiger partial charge in [0.25, 0.3) is 0 Å². The molecule has 0 saturated carbocycles. The van der Waals surface area contributed by atoms with Crippen molar-refractivity contribution in [3.8, 4) is 11.5 Å². The van der Waals surface area contributed by atoms with Crippen molar-refractivity contribution < 1.29 is 33.3 Å². The standard InChI is InChI=1S/C44H52N5O7PS2/c1-57(53,59)55-28-11-3-2-10-26-45-40(50)16-8-9-17-41(51)48-30-34-12-4-5-13-37(34)42-43(38-14-6-7-15-39(38)48)49(47-46-42)27-29-54-35-24-20-33(21-25-35)44(52)56-36-22-18-32(31-58)19-23-36/h4-7,12-15,18-25,46-47,58H,2-3,8-11,16-17,26-31H2,1H3,(H,45,50)(H,53,59). The van der Waals surface area contributed by atoms with Crippen LogP contribution in [0.25, 0.3) is 11.4 Å². The molecule has 4 aromatic carbocycles. The maximum Gasteiger partial charge on any atom is 0.343 e. The van der Waals surface area contributed by atoms with Crippen molar-refractivity contribution in [1.82, 2.24) is 21.3 Å². The number of carbonyl (C=O) groups excluding carboxylic acids is 3. The molecule has 2 heterocycles. The van der Waals surface area contributed by atoms with E-state index in [-0.39, 0.29) is 11.8 Å². The molecule has 4 N–H and O–H groups in total. The predicted molar refractivity (Wildman–Crippen MR) is 238 cm³/mol. The Bertz CT molecular complexity index is 2150. The summed E-state index contributed by atoms with van der Waals surface area (Å²) in [5, 5.41) is 4.98. The van der Waals surface area contributed by atoms with Gasteiger partial charge in [0.15, 0.2) is 6.49 Å². The van der Waals surface area contributed by atoms with Gasteiger partial charge >= 0.3 is 5.97 Å². The second-order valence-electron chi connectivity index (χ2n) is 14.4. The highest BCUT2D eigenvalue weighted by Crippen LogP contribution is 2.40. The van der Waals surface area contributed by atoms with E-state index in [0.717, 1.165) is 65.0 Å². The van der Waals surface area contributed by atoms with Crippen molar-refractivity contribution >= 4 is 65.8 Å². The van der Waals surface area contributed by atoms with E-state index in [1.165, 1.54) is 0 Å². The minimum Gasteiger partial charge on any atom is -0.492 e. The van der Waals surface area contributed by atoms with Gasteiger partial charge in [-0.15, -0.1) is 5.53 Å². The summed E-state index contributed by atoms with van der Waals surface area (Å²) in [7, 11) is 0. The van der Waals surface area contributed by atoms with Gasteiger partial charge in [-0.25, -0.2) is 4.79 Å². The number of amides is 2. The molecule has 6 rings (SSSR count). The summed E-state index contributed by atoms with van der Waals surface area (Å²) in [6.45, 7) is 1.20. The first kappa shape index (κ1) is 43.9. The third-order valence-electron chi connectivity index (χ3n) is 9.95. The highest BCUT2D eigenvalue weighted by Gasteiger charge is 2.32. The Balaban J connectivity index is 1.03. The van der Waals surface area contributed by atoms with Gasteiger partial charge in [-0.3, -0.25) is 14.6 Å². The number of hydrazine groups is 2. The molecule has 0 bridgehead atoms. The third kappa shape index (κ3) is 12.7. The Morgan fingerprint density at radius 2 is 1.53 bits per heavy atom. The molecule has 4 aromatic rings. The van der Waals surface area contributed by atoms with Gasteiger partial charge in [0.2, 0.25) is 11.8 Å². The molecule has 0 fully saturated rings. The van der Waals surface area contributed by atoms with Gasteiger partial charge in [-0.05, 0) is 91.1 Å². The number of rotatable bonds is 20. The maximum atomic E-state index is 14.0. The smallest absolute Gasteiger partial charge is 0.343 e. The van der Waals surface area contributed by atoms with Gasteiger partial charge in [0.05, 0.1) is 42.3 Å². The molecule has 312 valence electrons. The van der Waals surface area contributed by atoms with Crippen LogP contribution in [0.2, 0.25) is 0 Å². The molecule has 0 aliphatic carbocycles. The number of nitrogens with one attached hydrogen (secondary N) is 3. The molecule has 1 atom stereocenters. The number of para-hydroxylation sites is 1. The number of unbranched alkanes of at least 4 members (excludes halogenated alkanes) is 4. The first-order chi connectivity index (χ1) is 28.6. The van der Waals surface area contributed by atoms with E-state index >= 15 is 0 Å². The molecular weight excluding hydrogens is 806 g/mol. The summed E-state index contributed by atoms with van der Waals surface area (Å²) in [5.41, 5.74) is 13.6. The lowest BCUT2D eigenvalue weighted by Crippen LogP contribution is -2.40. The van der Waals surface area contributed by atoms with Crippen molar-refractivity contribution in [3.05, 3.63) is 125 Å². The van der Waals surface area contributed by atoms with Crippen LogP contribution in [0.3, 0.4) is 0 Å². The molecule has 2 aliphatic rings. The predicted octanol–water partition coefficient (Wildman–Crippen LogP) is 7.60. The lowest BCUT2D eigenvalue weighted by atomic mass is 9.95. The third-order valence-corrected chi connectivity index (χ3v) is 11.3. The van der Waals surface area contributed by atoms with E-state index in [4.69, 9.17) is 25.8 Å². The number of benzene rings is 4. The van der Waals surface area contributed by atoms with Crippen molar-refractivity contribution in [2.75, 3.05) is 37.9 Å². The van der Waals surface area contributed by atoms with Crippen LogP contribution in [0.5, 0.6) is 11.5 Å². The number of fused-ring (bicyclic) bond motifs is 4. The molecular formula is C44H52N5O7PS2. The number of nitrogens with zero attached hydrogens (tertiary/aromatic N) is 2. The van der Waals surface area contributed by atoms with Gasteiger partial charge in [-0.1, -0.05) is 67.4 Å². The van der Waals surface area contributed by atoms with E-state index in [0.29, 0.717) is 81.3 Å². The van der Waals surface area contributed by atoms with Crippen LogP contribution in [0.4, 0.5) is 5.69 Å². The Labute approximate surface area is 356 Å². The Morgan fingerprint density at radius 3 is 2.29 bits per heavy atom. The number of hydrogen-bond donors (Lipinski definition) is 5. The zero-order valence-electron chi connectivity index (χ0n) is 33.2. The average molecular weight is 858 g/mol. The number of thiol groups is 1. The lowest BCUT2D eigenvalue weighted by molar-refractivity contribution is -0.122. The van der Waals surface area contributed by atoms with Crippen LogP contribution in [0.15, 0.2) is 97.1 Å². The van der Waals surface area contributed by atoms with Crippen LogP contribution in [0, 0.1) is 0 Å². The van der Waals surface area contributed by atoms with E-state index in [2.05, 4.69) is 35.0 Å². The van der Waals surface area contributed by atoms with Gasteiger partial charge in [0.1, 0.15) is 18.1 Å². The van der Waals surface area contributed by atoms with Gasteiger partial charge < -0.3 is 34.5 Å². The summed E-state index contributed by atoms with van der Waals surface area (Å²) < 4.78 is 16.9. The second kappa shape index (κ2) is 21.5. The molecule has 2 aliphatic heterocycles. The number of ether oxygens (including phenoxy) is 2. The van der Waals surface area contributed by atoms with Gasteiger partial charge in [0, 0.05) is 42.9 Å². The normalized spacial score (nSPS) is 14.2. The van der Waals surface area contributed by atoms with Crippen LogP contribution < -0.4 is 30.7 Å². The highest BCUT2D eigenvalue weighted by molar-refractivity contribution is 8.09. The summed E-state index contributed by atoms with van der Waals surface area (Å²) in [6.07, 6.45) is 5.48. The van der Waals surface area contributed by atoms with Crippen LogP contribution in [0.1, 0.15) is 84.0 Å². The van der Waals surface area contributed by atoms with Crippen molar-refractivity contribution in [1.29, 1.82) is 0 Å². The van der Waals surface area contributed by atoms with E-state index < -0.39 is 12.5 Å². The van der Waals surface area contributed by atoms with Crippen LogP contribution in [-0.4, -0.2) is 60.7 Å². The van der Waals surface area contributed by atoms with Crippen LogP contribution >= 0.6 is 19.1 Å². The van der Waals surface area contributed by atoms with E-state index in [1.54, 1.807) is 43.1 Å². The zero-order chi connectivity index (χ0) is 41.6.